The number of carbonyl (C=O) groups is 1. The van der Waals surface area contributed by atoms with E-state index in [0.29, 0.717) is 5.56 Å². The van der Waals surface area contributed by atoms with E-state index in [2.05, 4.69) is 4.74 Å². The molecule has 2 heterocycles. The minimum absolute atomic E-state index is 0.00227. The monoisotopic (exact) mass is 493 g/mol. The van der Waals surface area contributed by atoms with E-state index in [1.165, 1.54) is 30.3 Å². The van der Waals surface area contributed by atoms with Crippen molar-refractivity contribution in [3.05, 3.63) is 47.2 Å². The first-order chi connectivity index (χ1) is 16.6. The normalized spacial score (nSPS) is 27.8. The number of aromatic hydroxyl groups is 5. The third kappa shape index (κ3) is 4.77. The van der Waals surface area contributed by atoms with Crippen LogP contribution in [0.2, 0.25) is 0 Å². The summed E-state index contributed by atoms with van der Waals surface area (Å²) in [6.07, 6.45) is -7.13. The molecule has 2 aliphatic rings. The fourth-order valence-electron chi connectivity index (χ4n) is 3.96. The molecule has 1 saturated heterocycles. The van der Waals surface area contributed by atoms with Crippen LogP contribution in [0.5, 0.6) is 28.7 Å². The van der Waals surface area contributed by atoms with Crippen LogP contribution in [0.25, 0.3) is 6.08 Å². The van der Waals surface area contributed by atoms with E-state index >= 15 is 0 Å². The Labute approximate surface area is 198 Å². The van der Waals surface area contributed by atoms with Crippen molar-refractivity contribution in [1.82, 2.24) is 0 Å². The van der Waals surface area contributed by atoms with Gasteiger partial charge in [-0.25, -0.2) is 0 Å². The Hall–Kier alpha value is -3.71. The molecule has 188 valence electrons. The number of aliphatic hydroxyl groups is 4. The van der Waals surface area contributed by atoms with Crippen LogP contribution < -0.4 is 0 Å². The van der Waals surface area contributed by atoms with Crippen molar-refractivity contribution in [2.45, 2.75) is 43.7 Å². The van der Waals surface area contributed by atoms with Crippen LogP contribution in [-0.4, -0.2) is 83.8 Å². The highest BCUT2D eigenvalue weighted by atomic mass is 16.7. The van der Waals surface area contributed by atoms with E-state index in [1.807, 2.05) is 0 Å². The molecule has 0 saturated carbocycles. The highest BCUT2D eigenvalue weighted by Gasteiger charge is 2.48. The topological polar surface area (TPSA) is 199 Å². The van der Waals surface area contributed by atoms with Crippen LogP contribution in [-0.2, 0) is 19.0 Å². The van der Waals surface area contributed by atoms with Crippen LogP contribution in [0.4, 0.5) is 0 Å². The van der Waals surface area contributed by atoms with E-state index in [9.17, 15) is 40.5 Å². The molecule has 12 heteroatoms. The van der Waals surface area contributed by atoms with Crippen molar-refractivity contribution >= 4 is 12.0 Å². The number of esters is 1. The van der Waals surface area contributed by atoms with Gasteiger partial charge in [0.15, 0.2) is 23.4 Å². The van der Waals surface area contributed by atoms with Crippen molar-refractivity contribution in [3.8, 4) is 28.7 Å². The SMILES string of the molecule is CC(=O)O[C@H]1[C@H](O)[C@@H](O)[C@H](OC2=Cc3c(O)cc(O)cc3[OH+]C2c2ccc(O)c(O)c2)O[C@@H]1CO. The molecule has 1 fully saturated rings. The fourth-order valence-corrected chi connectivity index (χ4v) is 3.96. The van der Waals surface area contributed by atoms with E-state index in [4.69, 9.17) is 14.2 Å². The average Bonchev–Trinajstić information content (AvgIpc) is 2.80. The number of ether oxygens (including phenoxy) is 4. The molecule has 2 aromatic rings. The molecule has 6 atom stereocenters. The molecule has 8 N–H and O–H groups in total. The van der Waals surface area contributed by atoms with Gasteiger partial charge in [-0.1, -0.05) is 0 Å². The van der Waals surface area contributed by atoms with Crippen molar-refractivity contribution < 1.29 is 59.5 Å². The predicted octanol–water partition coefficient (Wildman–Crippen LogP) is 0.233. The predicted molar refractivity (Wildman–Crippen MR) is 116 cm³/mol. The number of phenols is 4. The summed E-state index contributed by atoms with van der Waals surface area (Å²) in [5, 5.41) is 70.6. The standard InChI is InChI=1S/C23H24O12/c1-9(25)32-22-18(8-24)35-23(20(31)19(22)30)34-17-7-12-14(28)5-11(26)6-16(12)33-21(17)10-2-3-13(27)15(29)4-10/h2-7,18-24,26-31H,8H2,1H3/p+1/t18-,19-,20-,21?,22-,23-/m1/s1. The Morgan fingerprint density at radius 2 is 1.77 bits per heavy atom. The Kier molecular flexibility index (Phi) is 6.63. The average molecular weight is 493 g/mol. The number of hydrogen-bond acceptors (Lipinski definition) is 11. The number of carbonyl (C=O) groups excluding carboxylic acids is 1. The number of rotatable bonds is 5. The summed E-state index contributed by atoms with van der Waals surface area (Å²) in [5.74, 6) is -1.92. The first-order valence-corrected chi connectivity index (χ1v) is 10.6. The molecular formula is C23H25O12+. The minimum Gasteiger partial charge on any atom is -0.571 e. The van der Waals surface area contributed by atoms with E-state index in [-0.39, 0.29) is 34.3 Å². The number of benzene rings is 2. The summed E-state index contributed by atoms with van der Waals surface area (Å²) in [7, 11) is 0. The number of fused-ring (bicyclic) bond motifs is 1. The molecule has 35 heavy (non-hydrogen) atoms. The Bertz CT molecular complexity index is 1140. The van der Waals surface area contributed by atoms with Gasteiger partial charge in [0.2, 0.25) is 6.29 Å². The highest BCUT2D eigenvalue weighted by Crippen LogP contribution is 2.46. The van der Waals surface area contributed by atoms with Gasteiger partial charge in [0, 0.05) is 19.1 Å². The van der Waals surface area contributed by atoms with Crippen LogP contribution in [0.1, 0.15) is 24.2 Å². The number of aliphatic hydroxyl groups excluding tert-OH is 3. The van der Waals surface area contributed by atoms with Crippen LogP contribution >= 0.6 is 0 Å². The van der Waals surface area contributed by atoms with Crippen molar-refractivity contribution in [2.24, 2.45) is 0 Å². The van der Waals surface area contributed by atoms with Crippen LogP contribution in [0, 0.1) is 0 Å². The zero-order valence-corrected chi connectivity index (χ0v) is 18.3. The lowest BCUT2D eigenvalue weighted by Crippen LogP contribution is -2.60. The summed E-state index contributed by atoms with van der Waals surface area (Å²) in [6, 6.07) is 6.31. The molecule has 4 rings (SSSR count). The lowest BCUT2D eigenvalue weighted by Gasteiger charge is -2.41. The summed E-state index contributed by atoms with van der Waals surface area (Å²) < 4.78 is 20.9. The van der Waals surface area contributed by atoms with Gasteiger partial charge in [0.05, 0.1) is 18.2 Å². The molecule has 0 bridgehead atoms. The molecule has 0 aromatic heterocycles. The highest BCUT2D eigenvalue weighted by molar-refractivity contribution is 5.69. The molecule has 0 spiro atoms. The third-order valence-corrected chi connectivity index (χ3v) is 5.64. The van der Waals surface area contributed by atoms with Gasteiger partial charge in [-0.2, -0.15) is 0 Å². The van der Waals surface area contributed by atoms with Crippen molar-refractivity contribution in [3.63, 3.8) is 0 Å². The summed E-state index contributed by atoms with van der Waals surface area (Å²) >= 11 is 0. The molecule has 2 aliphatic heterocycles. The maximum Gasteiger partial charge on any atom is 0.303 e. The van der Waals surface area contributed by atoms with Gasteiger partial charge < -0.3 is 54.7 Å². The van der Waals surface area contributed by atoms with Gasteiger partial charge in [-0.3, -0.25) is 4.79 Å². The van der Waals surface area contributed by atoms with Gasteiger partial charge in [0.1, 0.15) is 35.4 Å². The van der Waals surface area contributed by atoms with Crippen LogP contribution in [0.15, 0.2) is 36.1 Å². The second-order valence-electron chi connectivity index (χ2n) is 8.12. The van der Waals surface area contributed by atoms with Crippen molar-refractivity contribution in [2.75, 3.05) is 6.61 Å². The molecule has 1 unspecified atom stereocenters. The number of phenolic OH excluding ortho intramolecular Hbond substituents is 4. The second-order valence-corrected chi connectivity index (χ2v) is 8.12. The zero-order chi connectivity index (χ0) is 25.4. The van der Waals surface area contributed by atoms with Gasteiger partial charge in [-0.15, -0.1) is 0 Å². The lowest BCUT2D eigenvalue weighted by molar-refractivity contribution is -0.297. The second kappa shape index (κ2) is 9.50. The lowest BCUT2D eigenvalue weighted by atomic mass is 9.98. The van der Waals surface area contributed by atoms with E-state index < -0.39 is 55.1 Å². The molecule has 12 nitrogen and oxygen atoms in total. The maximum atomic E-state index is 11.4. The largest absolute Gasteiger partial charge is 0.571 e. The summed E-state index contributed by atoms with van der Waals surface area (Å²) in [5.41, 5.74) is 0.516. The molecule has 0 amide bonds. The Balaban J connectivity index is 1.70. The fraction of sp³-hybridized carbons (Fsp3) is 0.348. The summed E-state index contributed by atoms with van der Waals surface area (Å²) in [6.45, 7) is 0.438. The first kappa shape index (κ1) is 24.4. The Morgan fingerprint density at radius 1 is 1.03 bits per heavy atom. The molecule has 2 aromatic carbocycles. The van der Waals surface area contributed by atoms with Gasteiger partial charge in [0.25, 0.3) is 11.9 Å². The zero-order valence-electron chi connectivity index (χ0n) is 18.3. The first-order valence-electron chi connectivity index (χ1n) is 10.6. The summed E-state index contributed by atoms with van der Waals surface area (Å²) in [4.78, 5) is 11.4. The maximum absolute atomic E-state index is 11.4. The minimum atomic E-state index is -1.72. The molecule has 0 radical (unpaired) electrons. The Morgan fingerprint density at radius 3 is 2.43 bits per heavy atom. The van der Waals surface area contributed by atoms with E-state index in [1.54, 1.807) is 0 Å². The smallest absolute Gasteiger partial charge is 0.303 e. The molecular weight excluding hydrogens is 468 g/mol. The quantitative estimate of drug-likeness (QED) is 0.171. The third-order valence-electron chi connectivity index (χ3n) is 5.64. The van der Waals surface area contributed by atoms with Gasteiger partial charge in [-0.05, 0) is 18.2 Å². The van der Waals surface area contributed by atoms with Crippen molar-refractivity contribution in [1.29, 1.82) is 0 Å². The molecule has 0 aliphatic carbocycles. The van der Waals surface area contributed by atoms with Gasteiger partial charge >= 0.3 is 5.97 Å². The van der Waals surface area contributed by atoms with Crippen LogP contribution in [0.3, 0.4) is 0 Å². The number of hydrogen-bond donors (Lipinski definition) is 7. The van der Waals surface area contributed by atoms with E-state index in [0.717, 1.165) is 13.0 Å².